The molecule has 0 bridgehead atoms. The van der Waals surface area contributed by atoms with Crippen LogP contribution in [0.15, 0.2) is 42.6 Å². The van der Waals surface area contributed by atoms with E-state index in [0.717, 1.165) is 25.7 Å². The van der Waals surface area contributed by atoms with Crippen LogP contribution >= 0.6 is 0 Å². The number of hydrogen-bond donors (Lipinski definition) is 1. The first-order valence-electron chi connectivity index (χ1n) is 8.94. The number of nitrogens with one attached hydrogen (secondary N) is 1. The average molecular weight is 356 g/mol. The first kappa shape index (κ1) is 17.1. The zero-order valence-corrected chi connectivity index (χ0v) is 14.4. The van der Waals surface area contributed by atoms with Gasteiger partial charge in [0, 0.05) is 30.6 Å². The Hall–Kier alpha value is -2.31. The number of carbonyl (C=O) groups is 1. The number of ether oxygens (including phenoxy) is 2. The van der Waals surface area contributed by atoms with Crippen molar-refractivity contribution in [3.63, 3.8) is 0 Å². The van der Waals surface area contributed by atoms with Crippen LogP contribution in [0.5, 0.6) is 0 Å². The lowest BCUT2D eigenvalue weighted by atomic mass is 9.90. The number of hydrogen-bond acceptors (Lipinski definition) is 4. The van der Waals surface area contributed by atoms with Gasteiger partial charge in [-0.1, -0.05) is 12.1 Å². The van der Waals surface area contributed by atoms with E-state index in [0.29, 0.717) is 30.0 Å². The standard InChI is InChI=1S/C20H21FN2O3/c21-16-3-1-2-14(12-16)18-5-4-15(13-22-18)19(24)23-17-6-8-20(9-7-17)25-10-11-26-20/h1-5,12-13,17H,6-11H2,(H,23,24). The van der Waals surface area contributed by atoms with Gasteiger partial charge in [-0.15, -0.1) is 0 Å². The van der Waals surface area contributed by atoms with Crippen LogP contribution in [-0.2, 0) is 9.47 Å². The molecule has 1 spiro atoms. The Morgan fingerprint density at radius 1 is 1.15 bits per heavy atom. The van der Waals surface area contributed by atoms with Crippen molar-refractivity contribution in [2.45, 2.75) is 37.5 Å². The Morgan fingerprint density at radius 3 is 2.58 bits per heavy atom. The maximum Gasteiger partial charge on any atom is 0.253 e. The molecule has 2 aromatic rings. The molecule has 2 fully saturated rings. The molecule has 26 heavy (non-hydrogen) atoms. The average Bonchev–Trinajstić information content (AvgIpc) is 3.12. The lowest BCUT2D eigenvalue weighted by Gasteiger charge is -2.35. The largest absolute Gasteiger partial charge is 0.349 e. The van der Waals surface area contributed by atoms with Crippen molar-refractivity contribution in [2.75, 3.05) is 13.2 Å². The number of carbonyl (C=O) groups excluding carboxylic acids is 1. The Morgan fingerprint density at radius 2 is 1.92 bits per heavy atom. The van der Waals surface area contributed by atoms with E-state index >= 15 is 0 Å². The number of pyridine rings is 1. The number of amides is 1. The maximum atomic E-state index is 13.3. The molecular weight excluding hydrogens is 335 g/mol. The summed E-state index contributed by atoms with van der Waals surface area (Å²) in [7, 11) is 0. The monoisotopic (exact) mass is 356 g/mol. The molecular formula is C20H21FN2O3. The summed E-state index contributed by atoms with van der Waals surface area (Å²) < 4.78 is 24.7. The summed E-state index contributed by atoms with van der Waals surface area (Å²) in [6, 6.07) is 9.81. The summed E-state index contributed by atoms with van der Waals surface area (Å²) in [6.07, 6.45) is 4.80. The van der Waals surface area contributed by atoms with Crippen molar-refractivity contribution in [2.24, 2.45) is 0 Å². The number of halogens is 1. The molecule has 1 aromatic heterocycles. The molecule has 0 radical (unpaired) electrons. The van der Waals surface area contributed by atoms with Gasteiger partial charge < -0.3 is 14.8 Å². The Bertz CT molecular complexity index is 778. The third-order valence-corrected chi connectivity index (χ3v) is 5.04. The fourth-order valence-electron chi connectivity index (χ4n) is 3.60. The van der Waals surface area contributed by atoms with Gasteiger partial charge in [0.2, 0.25) is 0 Å². The Labute approximate surface area is 151 Å². The highest BCUT2D eigenvalue weighted by Crippen LogP contribution is 2.35. The fourth-order valence-corrected chi connectivity index (χ4v) is 3.60. The first-order chi connectivity index (χ1) is 12.6. The van der Waals surface area contributed by atoms with E-state index in [1.165, 1.54) is 18.3 Å². The zero-order chi connectivity index (χ0) is 18.0. The second-order valence-electron chi connectivity index (χ2n) is 6.80. The van der Waals surface area contributed by atoms with Crippen molar-refractivity contribution >= 4 is 5.91 Å². The SMILES string of the molecule is O=C(NC1CCC2(CC1)OCCO2)c1ccc(-c2cccc(F)c2)nc1. The summed E-state index contributed by atoms with van der Waals surface area (Å²) >= 11 is 0. The molecule has 0 unspecified atom stereocenters. The third kappa shape index (κ3) is 3.61. The molecule has 5 nitrogen and oxygen atoms in total. The van der Waals surface area contributed by atoms with E-state index in [9.17, 15) is 9.18 Å². The molecule has 1 saturated carbocycles. The van der Waals surface area contributed by atoms with Crippen molar-refractivity contribution in [3.8, 4) is 11.3 Å². The van der Waals surface area contributed by atoms with Crippen LogP contribution in [0.3, 0.4) is 0 Å². The fraction of sp³-hybridized carbons (Fsp3) is 0.400. The van der Waals surface area contributed by atoms with Crippen LogP contribution in [0.1, 0.15) is 36.0 Å². The van der Waals surface area contributed by atoms with E-state index in [2.05, 4.69) is 10.3 Å². The predicted molar refractivity (Wildman–Crippen MR) is 94.0 cm³/mol. The van der Waals surface area contributed by atoms with Crippen molar-refractivity contribution in [1.82, 2.24) is 10.3 Å². The minimum absolute atomic E-state index is 0.115. The molecule has 136 valence electrons. The Balaban J connectivity index is 1.36. The lowest BCUT2D eigenvalue weighted by molar-refractivity contribution is -0.179. The number of nitrogens with zero attached hydrogens (tertiary/aromatic N) is 1. The molecule has 6 heteroatoms. The molecule has 1 saturated heterocycles. The smallest absolute Gasteiger partial charge is 0.253 e. The highest BCUT2D eigenvalue weighted by molar-refractivity contribution is 5.94. The van der Waals surface area contributed by atoms with Gasteiger partial charge in [0.15, 0.2) is 5.79 Å². The molecule has 1 aliphatic heterocycles. The van der Waals surface area contributed by atoms with Gasteiger partial charge in [-0.3, -0.25) is 9.78 Å². The van der Waals surface area contributed by atoms with E-state index < -0.39 is 5.79 Å². The molecule has 1 aliphatic carbocycles. The number of rotatable bonds is 3. The number of aromatic nitrogens is 1. The van der Waals surface area contributed by atoms with E-state index in [4.69, 9.17) is 9.47 Å². The van der Waals surface area contributed by atoms with Gasteiger partial charge in [0.25, 0.3) is 5.91 Å². The quantitative estimate of drug-likeness (QED) is 0.917. The van der Waals surface area contributed by atoms with Gasteiger partial charge in [0.05, 0.1) is 24.5 Å². The summed E-state index contributed by atoms with van der Waals surface area (Å²) in [5.41, 5.74) is 1.82. The van der Waals surface area contributed by atoms with Gasteiger partial charge in [-0.2, -0.15) is 0 Å². The molecule has 2 aliphatic rings. The van der Waals surface area contributed by atoms with Crippen LogP contribution < -0.4 is 5.32 Å². The summed E-state index contributed by atoms with van der Waals surface area (Å²) in [5.74, 6) is -0.871. The predicted octanol–water partition coefficient (Wildman–Crippen LogP) is 3.30. The molecule has 1 N–H and O–H groups in total. The van der Waals surface area contributed by atoms with Crippen LogP contribution in [-0.4, -0.2) is 35.9 Å². The van der Waals surface area contributed by atoms with Gasteiger partial charge >= 0.3 is 0 Å². The normalized spacial score (nSPS) is 19.6. The minimum Gasteiger partial charge on any atom is -0.349 e. The summed E-state index contributed by atoms with van der Waals surface area (Å²) in [5, 5.41) is 3.06. The van der Waals surface area contributed by atoms with Crippen LogP contribution in [0.2, 0.25) is 0 Å². The molecule has 2 heterocycles. The van der Waals surface area contributed by atoms with Crippen LogP contribution in [0.4, 0.5) is 4.39 Å². The van der Waals surface area contributed by atoms with E-state index in [1.54, 1.807) is 24.3 Å². The summed E-state index contributed by atoms with van der Waals surface area (Å²) in [6.45, 7) is 1.31. The summed E-state index contributed by atoms with van der Waals surface area (Å²) in [4.78, 5) is 16.7. The maximum absolute atomic E-state index is 13.3. The van der Waals surface area contributed by atoms with Crippen molar-refractivity contribution in [1.29, 1.82) is 0 Å². The molecule has 1 aromatic carbocycles. The topological polar surface area (TPSA) is 60.5 Å². The second-order valence-corrected chi connectivity index (χ2v) is 6.80. The lowest BCUT2D eigenvalue weighted by Crippen LogP contribution is -2.44. The minimum atomic E-state index is -0.421. The second kappa shape index (κ2) is 7.13. The van der Waals surface area contributed by atoms with Crippen molar-refractivity contribution < 1.29 is 18.7 Å². The Kier molecular flexibility index (Phi) is 4.70. The van der Waals surface area contributed by atoms with Gasteiger partial charge in [-0.05, 0) is 37.1 Å². The first-order valence-corrected chi connectivity index (χ1v) is 8.94. The van der Waals surface area contributed by atoms with Gasteiger partial charge in [0.1, 0.15) is 5.82 Å². The van der Waals surface area contributed by atoms with E-state index in [1.807, 2.05) is 0 Å². The van der Waals surface area contributed by atoms with Gasteiger partial charge in [-0.25, -0.2) is 4.39 Å². The van der Waals surface area contributed by atoms with Crippen LogP contribution in [0.25, 0.3) is 11.3 Å². The zero-order valence-electron chi connectivity index (χ0n) is 14.4. The highest BCUT2D eigenvalue weighted by Gasteiger charge is 2.40. The molecule has 0 atom stereocenters. The third-order valence-electron chi connectivity index (χ3n) is 5.04. The molecule has 1 amide bonds. The number of benzene rings is 1. The van der Waals surface area contributed by atoms with Crippen LogP contribution in [0, 0.1) is 5.82 Å². The molecule has 4 rings (SSSR count). The van der Waals surface area contributed by atoms with E-state index in [-0.39, 0.29) is 17.8 Å². The highest BCUT2D eigenvalue weighted by atomic mass is 19.1. The van der Waals surface area contributed by atoms with Crippen molar-refractivity contribution in [3.05, 3.63) is 54.0 Å².